The number of hydrogen-bond donors (Lipinski definition) is 2. The van der Waals surface area contributed by atoms with Crippen LogP contribution in [0.25, 0.3) is 10.9 Å². The van der Waals surface area contributed by atoms with Crippen LogP contribution >= 0.6 is 0 Å². The first-order valence-electron chi connectivity index (χ1n) is 9.51. The highest BCUT2D eigenvalue weighted by Crippen LogP contribution is 2.24. The Morgan fingerprint density at radius 3 is 2.64 bits per heavy atom. The number of rotatable bonds is 7. The number of benzene rings is 2. The van der Waals surface area contributed by atoms with Gasteiger partial charge in [-0.2, -0.15) is 0 Å². The van der Waals surface area contributed by atoms with Crippen molar-refractivity contribution in [2.24, 2.45) is 0 Å². The SMILES string of the molecule is Cc1ccc(CCN[C@@H](C(=O)c2c[nH]c3cnccc23)c2ccccc2)cc1. The highest BCUT2D eigenvalue weighted by molar-refractivity contribution is 6.10. The summed E-state index contributed by atoms with van der Waals surface area (Å²) in [5.41, 5.74) is 5.05. The molecule has 0 amide bonds. The standard InChI is InChI=1S/C24H23N3O/c1-17-7-9-18(10-8-17)11-14-26-23(19-5-3-2-4-6-19)24(28)21-15-27-22-16-25-13-12-20(21)22/h2-10,12-13,15-16,23,26-27H,11,14H2,1H3/t23-/m1/s1. The Balaban J connectivity index is 1.57. The van der Waals surface area contributed by atoms with Crippen molar-refractivity contribution in [2.45, 2.75) is 19.4 Å². The molecular weight excluding hydrogens is 346 g/mol. The highest BCUT2D eigenvalue weighted by atomic mass is 16.1. The molecular formula is C24H23N3O. The molecule has 2 aromatic carbocycles. The van der Waals surface area contributed by atoms with E-state index >= 15 is 0 Å². The first-order valence-corrected chi connectivity index (χ1v) is 9.51. The summed E-state index contributed by atoms with van der Waals surface area (Å²) in [5.74, 6) is 0.0626. The van der Waals surface area contributed by atoms with Crippen LogP contribution in [0, 0.1) is 6.92 Å². The van der Waals surface area contributed by atoms with Gasteiger partial charge in [0.25, 0.3) is 0 Å². The normalized spacial score (nSPS) is 12.2. The number of Topliss-reactive ketones (excluding diaryl/α,β-unsaturated/α-hetero) is 1. The van der Waals surface area contributed by atoms with E-state index in [9.17, 15) is 4.79 Å². The Labute approximate surface area is 164 Å². The summed E-state index contributed by atoms with van der Waals surface area (Å²) in [5, 5.41) is 4.38. The Morgan fingerprint density at radius 2 is 1.86 bits per heavy atom. The molecule has 4 heteroatoms. The third kappa shape index (κ3) is 3.87. The zero-order valence-electron chi connectivity index (χ0n) is 15.9. The molecule has 0 aliphatic rings. The highest BCUT2D eigenvalue weighted by Gasteiger charge is 2.23. The van der Waals surface area contributed by atoms with Gasteiger partial charge in [0.05, 0.1) is 17.8 Å². The first-order chi connectivity index (χ1) is 13.7. The Hall–Kier alpha value is -3.24. The van der Waals surface area contributed by atoms with Crippen molar-refractivity contribution in [2.75, 3.05) is 6.54 Å². The molecule has 2 N–H and O–H groups in total. The van der Waals surface area contributed by atoms with E-state index in [-0.39, 0.29) is 11.8 Å². The summed E-state index contributed by atoms with van der Waals surface area (Å²) in [7, 11) is 0. The van der Waals surface area contributed by atoms with Crippen LogP contribution in [0.1, 0.15) is 33.1 Å². The number of pyridine rings is 1. The Bertz CT molecular complexity index is 1070. The molecule has 4 nitrogen and oxygen atoms in total. The van der Waals surface area contributed by atoms with Crippen molar-refractivity contribution in [3.05, 3.63) is 102 Å². The molecule has 140 valence electrons. The molecule has 4 rings (SSSR count). The van der Waals surface area contributed by atoms with Gasteiger partial charge in [-0.3, -0.25) is 9.78 Å². The second-order valence-corrected chi connectivity index (χ2v) is 7.02. The van der Waals surface area contributed by atoms with Crippen LogP contribution < -0.4 is 5.32 Å². The van der Waals surface area contributed by atoms with Crippen LogP contribution in [0.3, 0.4) is 0 Å². The lowest BCUT2D eigenvalue weighted by molar-refractivity contribution is 0.0945. The van der Waals surface area contributed by atoms with Crippen molar-refractivity contribution in [1.82, 2.24) is 15.3 Å². The minimum absolute atomic E-state index is 0.0626. The van der Waals surface area contributed by atoms with E-state index in [1.807, 2.05) is 36.4 Å². The summed E-state index contributed by atoms with van der Waals surface area (Å²) >= 11 is 0. The molecule has 2 aromatic heterocycles. The summed E-state index contributed by atoms with van der Waals surface area (Å²) in [4.78, 5) is 20.7. The number of aryl methyl sites for hydroxylation is 1. The van der Waals surface area contributed by atoms with Crippen molar-refractivity contribution in [3.63, 3.8) is 0 Å². The lowest BCUT2D eigenvalue weighted by Crippen LogP contribution is -2.30. The lowest BCUT2D eigenvalue weighted by atomic mass is 9.97. The molecule has 28 heavy (non-hydrogen) atoms. The minimum atomic E-state index is -0.390. The molecule has 0 unspecified atom stereocenters. The molecule has 0 saturated heterocycles. The number of carbonyl (C=O) groups is 1. The van der Waals surface area contributed by atoms with Crippen LogP contribution in [-0.4, -0.2) is 22.3 Å². The number of aromatic amines is 1. The lowest BCUT2D eigenvalue weighted by Gasteiger charge is -2.18. The van der Waals surface area contributed by atoms with Gasteiger partial charge in [0.15, 0.2) is 5.78 Å². The van der Waals surface area contributed by atoms with Crippen LogP contribution in [0.15, 0.2) is 79.3 Å². The fourth-order valence-electron chi connectivity index (χ4n) is 3.45. The maximum atomic E-state index is 13.4. The number of hydrogen-bond acceptors (Lipinski definition) is 3. The van der Waals surface area contributed by atoms with E-state index in [0.29, 0.717) is 5.56 Å². The third-order valence-corrected chi connectivity index (χ3v) is 5.03. The van der Waals surface area contributed by atoms with E-state index < -0.39 is 0 Å². The predicted octanol–water partition coefficient (Wildman–Crippen LogP) is 4.63. The van der Waals surface area contributed by atoms with Gasteiger partial charge in [0, 0.05) is 29.9 Å². The topological polar surface area (TPSA) is 57.8 Å². The van der Waals surface area contributed by atoms with Gasteiger partial charge < -0.3 is 10.3 Å². The van der Waals surface area contributed by atoms with Crippen LogP contribution in [0.5, 0.6) is 0 Å². The Kier molecular flexibility index (Phi) is 5.31. The number of aromatic nitrogens is 2. The summed E-state index contributed by atoms with van der Waals surface area (Å²) in [6.07, 6.45) is 6.12. The summed E-state index contributed by atoms with van der Waals surface area (Å²) in [6.45, 7) is 2.81. The number of ketones is 1. The molecule has 0 aliphatic carbocycles. The number of nitrogens with zero attached hydrogens (tertiary/aromatic N) is 1. The van der Waals surface area contributed by atoms with Gasteiger partial charge in [-0.15, -0.1) is 0 Å². The Morgan fingerprint density at radius 1 is 1.07 bits per heavy atom. The zero-order chi connectivity index (χ0) is 19.3. The molecule has 0 spiro atoms. The number of fused-ring (bicyclic) bond motifs is 1. The summed E-state index contributed by atoms with van der Waals surface area (Å²) < 4.78 is 0. The quantitative estimate of drug-likeness (QED) is 0.467. The van der Waals surface area contributed by atoms with Gasteiger partial charge in [0.1, 0.15) is 0 Å². The molecule has 0 saturated carbocycles. The maximum Gasteiger partial charge on any atom is 0.186 e. The molecule has 1 atom stereocenters. The molecule has 4 aromatic rings. The number of carbonyl (C=O) groups excluding carboxylic acids is 1. The van der Waals surface area contributed by atoms with Crippen molar-refractivity contribution in [1.29, 1.82) is 0 Å². The van der Waals surface area contributed by atoms with Gasteiger partial charge >= 0.3 is 0 Å². The second-order valence-electron chi connectivity index (χ2n) is 7.02. The van der Waals surface area contributed by atoms with Crippen molar-refractivity contribution in [3.8, 4) is 0 Å². The zero-order valence-corrected chi connectivity index (χ0v) is 15.9. The van der Waals surface area contributed by atoms with E-state index in [1.54, 1.807) is 18.6 Å². The molecule has 0 aliphatic heterocycles. The number of nitrogens with one attached hydrogen (secondary N) is 2. The van der Waals surface area contributed by atoms with Gasteiger partial charge in [-0.05, 0) is 30.5 Å². The van der Waals surface area contributed by atoms with Crippen LogP contribution in [0.2, 0.25) is 0 Å². The van der Waals surface area contributed by atoms with Gasteiger partial charge in [0.2, 0.25) is 0 Å². The molecule has 0 fully saturated rings. The molecule has 0 radical (unpaired) electrons. The predicted molar refractivity (Wildman–Crippen MR) is 112 cm³/mol. The van der Waals surface area contributed by atoms with Gasteiger partial charge in [-0.1, -0.05) is 60.2 Å². The largest absolute Gasteiger partial charge is 0.359 e. The van der Waals surface area contributed by atoms with Crippen molar-refractivity contribution < 1.29 is 4.79 Å². The fourth-order valence-corrected chi connectivity index (χ4v) is 3.45. The minimum Gasteiger partial charge on any atom is -0.359 e. The van der Waals surface area contributed by atoms with Gasteiger partial charge in [-0.25, -0.2) is 0 Å². The second kappa shape index (κ2) is 8.19. The molecule has 2 heterocycles. The van der Waals surface area contributed by atoms with Crippen LogP contribution in [0.4, 0.5) is 0 Å². The average Bonchev–Trinajstić information content (AvgIpc) is 3.17. The summed E-state index contributed by atoms with van der Waals surface area (Å²) in [6, 6.07) is 19.9. The van der Waals surface area contributed by atoms with E-state index in [2.05, 4.69) is 46.5 Å². The first kappa shape index (κ1) is 18.1. The van der Waals surface area contributed by atoms with E-state index in [1.165, 1.54) is 11.1 Å². The maximum absolute atomic E-state index is 13.4. The molecule has 0 bridgehead atoms. The smallest absolute Gasteiger partial charge is 0.186 e. The van der Waals surface area contributed by atoms with E-state index in [4.69, 9.17) is 0 Å². The monoisotopic (exact) mass is 369 g/mol. The van der Waals surface area contributed by atoms with E-state index in [0.717, 1.165) is 29.4 Å². The fraction of sp³-hybridized carbons (Fsp3) is 0.167. The number of H-pyrrole nitrogens is 1. The third-order valence-electron chi connectivity index (χ3n) is 5.03. The van der Waals surface area contributed by atoms with Crippen LogP contribution in [-0.2, 0) is 6.42 Å². The van der Waals surface area contributed by atoms with Crippen molar-refractivity contribution >= 4 is 16.7 Å². The average molecular weight is 369 g/mol.